The Morgan fingerprint density at radius 3 is 2.90 bits per heavy atom. The number of nitrogens with zero attached hydrogens (tertiary/aromatic N) is 2. The fraction of sp³-hybridized carbons (Fsp3) is 0.250. The van der Waals surface area contributed by atoms with Gasteiger partial charge in [-0.25, -0.2) is 4.39 Å². The first-order chi connectivity index (χ1) is 9.69. The van der Waals surface area contributed by atoms with Gasteiger partial charge >= 0.3 is 0 Å². The van der Waals surface area contributed by atoms with E-state index in [-0.39, 0.29) is 17.9 Å². The summed E-state index contributed by atoms with van der Waals surface area (Å²) < 4.78 is 15.5. The second kappa shape index (κ2) is 4.93. The molecule has 0 unspecified atom stereocenters. The summed E-state index contributed by atoms with van der Waals surface area (Å²) in [6.45, 7) is 0.184. The highest BCUT2D eigenvalue weighted by Crippen LogP contribution is 2.21. The van der Waals surface area contributed by atoms with Gasteiger partial charge in [0.05, 0.1) is 18.2 Å². The molecule has 3 rings (SSSR count). The molecule has 0 aliphatic heterocycles. The van der Waals surface area contributed by atoms with Crippen molar-refractivity contribution in [2.24, 2.45) is 0 Å². The highest BCUT2D eigenvalue weighted by molar-refractivity contribution is 5.34. The molecule has 1 aromatic carbocycles. The number of pyridine rings is 1. The molecule has 0 bridgehead atoms. The monoisotopic (exact) mass is 268 g/mol. The van der Waals surface area contributed by atoms with Crippen LogP contribution in [0.5, 0.6) is 0 Å². The summed E-state index contributed by atoms with van der Waals surface area (Å²) in [4.78, 5) is 12.0. The summed E-state index contributed by atoms with van der Waals surface area (Å²) in [5.74, 6) is -0.383. The Labute approximate surface area is 115 Å². The molecule has 0 spiro atoms. The van der Waals surface area contributed by atoms with E-state index >= 15 is 0 Å². The van der Waals surface area contributed by atoms with Gasteiger partial charge in [0.25, 0.3) is 5.56 Å². The minimum atomic E-state index is -0.383. The fourth-order valence-corrected chi connectivity index (χ4v) is 2.74. The van der Waals surface area contributed by atoms with Gasteiger partial charge in [0.2, 0.25) is 0 Å². The molecule has 0 radical (unpaired) electrons. The number of fused-ring (bicyclic) bond motifs is 1. The minimum absolute atomic E-state index is 0.118. The summed E-state index contributed by atoms with van der Waals surface area (Å²) in [6.07, 6.45) is 2.85. The molecule has 0 saturated carbocycles. The van der Waals surface area contributed by atoms with Gasteiger partial charge in [-0.3, -0.25) is 4.79 Å². The SMILES string of the molecule is N#Cc1ccc(F)c(Cn2c3c(ccc2=O)CCC3)c1. The van der Waals surface area contributed by atoms with E-state index in [2.05, 4.69) is 0 Å². The van der Waals surface area contributed by atoms with Crippen molar-refractivity contribution in [3.8, 4) is 6.07 Å². The van der Waals surface area contributed by atoms with Crippen LogP contribution >= 0.6 is 0 Å². The molecular formula is C16H13FN2O. The zero-order chi connectivity index (χ0) is 14.1. The summed E-state index contributed by atoms with van der Waals surface area (Å²) in [7, 11) is 0. The van der Waals surface area contributed by atoms with Crippen LogP contribution in [-0.4, -0.2) is 4.57 Å². The van der Waals surface area contributed by atoms with Crippen LogP contribution in [0.15, 0.2) is 35.1 Å². The molecule has 0 N–H and O–H groups in total. The van der Waals surface area contributed by atoms with E-state index in [1.807, 2.05) is 12.1 Å². The topological polar surface area (TPSA) is 45.8 Å². The lowest BCUT2D eigenvalue weighted by molar-refractivity contribution is 0.591. The number of hydrogen-bond acceptors (Lipinski definition) is 2. The van der Waals surface area contributed by atoms with Gasteiger partial charge in [0.1, 0.15) is 5.82 Å². The first-order valence-corrected chi connectivity index (χ1v) is 6.59. The summed E-state index contributed by atoms with van der Waals surface area (Å²) in [5.41, 5.74) is 2.83. The molecule has 0 amide bonds. The van der Waals surface area contributed by atoms with Crippen molar-refractivity contribution in [2.45, 2.75) is 25.8 Å². The molecule has 0 atom stereocenters. The largest absolute Gasteiger partial charge is 0.308 e. The van der Waals surface area contributed by atoms with Gasteiger partial charge in [-0.05, 0) is 43.0 Å². The minimum Gasteiger partial charge on any atom is -0.308 e. The lowest BCUT2D eigenvalue weighted by atomic mass is 10.1. The van der Waals surface area contributed by atoms with E-state index in [0.29, 0.717) is 11.1 Å². The lowest BCUT2D eigenvalue weighted by Gasteiger charge is -2.12. The third kappa shape index (κ3) is 2.12. The average Bonchev–Trinajstić information content (AvgIpc) is 2.92. The maximum atomic E-state index is 13.9. The van der Waals surface area contributed by atoms with Crippen LogP contribution in [0.1, 0.15) is 28.8 Å². The maximum absolute atomic E-state index is 13.9. The van der Waals surface area contributed by atoms with E-state index in [1.165, 1.54) is 29.8 Å². The summed E-state index contributed by atoms with van der Waals surface area (Å²) >= 11 is 0. The van der Waals surface area contributed by atoms with Crippen molar-refractivity contribution in [3.05, 3.63) is 68.9 Å². The molecule has 1 aliphatic carbocycles. The second-order valence-electron chi connectivity index (χ2n) is 5.00. The van der Waals surface area contributed by atoms with Crippen molar-refractivity contribution in [2.75, 3.05) is 0 Å². The van der Waals surface area contributed by atoms with E-state index in [0.717, 1.165) is 25.0 Å². The Morgan fingerprint density at radius 2 is 2.10 bits per heavy atom. The normalized spacial score (nSPS) is 13.0. The van der Waals surface area contributed by atoms with Crippen LogP contribution in [-0.2, 0) is 19.4 Å². The van der Waals surface area contributed by atoms with Crippen LogP contribution in [0.3, 0.4) is 0 Å². The molecule has 1 heterocycles. The summed E-state index contributed by atoms with van der Waals surface area (Å²) in [5, 5.41) is 8.89. The second-order valence-corrected chi connectivity index (χ2v) is 5.00. The Kier molecular flexibility index (Phi) is 3.11. The van der Waals surface area contributed by atoms with Gasteiger partial charge in [0, 0.05) is 17.3 Å². The molecule has 0 saturated heterocycles. The van der Waals surface area contributed by atoms with E-state index in [1.54, 1.807) is 4.57 Å². The van der Waals surface area contributed by atoms with E-state index in [4.69, 9.17) is 5.26 Å². The predicted molar refractivity (Wildman–Crippen MR) is 72.9 cm³/mol. The average molecular weight is 268 g/mol. The van der Waals surface area contributed by atoms with Gasteiger partial charge in [-0.15, -0.1) is 0 Å². The van der Waals surface area contributed by atoms with E-state index in [9.17, 15) is 9.18 Å². The van der Waals surface area contributed by atoms with Crippen LogP contribution < -0.4 is 5.56 Å². The maximum Gasteiger partial charge on any atom is 0.251 e. The van der Waals surface area contributed by atoms with Crippen LogP contribution in [0.4, 0.5) is 4.39 Å². The van der Waals surface area contributed by atoms with Crippen molar-refractivity contribution >= 4 is 0 Å². The highest BCUT2D eigenvalue weighted by atomic mass is 19.1. The molecule has 20 heavy (non-hydrogen) atoms. The van der Waals surface area contributed by atoms with Gasteiger partial charge in [0.15, 0.2) is 0 Å². The lowest BCUT2D eigenvalue weighted by Crippen LogP contribution is -2.23. The number of halogens is 1. The smallest absolute Gasteiger partial charge is 0.251 e. The first kappa shape index (κ1) is 12.6. The molecular weight excluding hydrogens is 255 g/mol. The number of hydrogen-bond donors (Lipinski definition) is 0. The van der Waals surface area contributed by atoms with Crippen molar-refractivity contribution in [1.82, 2.24) is 4.57 Å². The number of rotatable bonds is 2. The molecule has 1 aromatic heterocycles. The Hall–Kier alpha value is -2.41. The summed E-state index contributed by atoms with van der Waals surface area (Å²) in [6, 6.07) is 9.63. The van der Waals surface area contributed by atoms with Crippen LogP contribution in [0.25, 0.3) is 0 Å². The van der Waals surface area contributed by atoms with Crippen molar-refractivity contribution < 1.29 is 4.39 Å². The van der Waals surface area contributed by atoms with Gasteiger partial charge < -0.3 is 4.57 Å². The van der Waals surface area contributed by atoms with E-state index < -0.39 is 0 Å². The Morgan fingerprint density at radius 1 is 1.25 bits per heavy atom. The predicted octanol–water partition coefficient (Wildman–Crippen LogP) is 2.40. The molecule has 1 aliphatic rings. The number of nitriles is 1. The zero-order valence-electron chi connectivity index (χ0n) is 10.9. The van der Waals surface area contributed by atoms with Crippen LogP contribution in [0, 0.1) is 17.1 Å². The van der Waals surface area contributed by atoms with Crippen LogP contribution in [0.2, 0.25) is 0 Å². The van der Waals surface area contributed by atoms with Gasteiger partial charge in [-0.2, -0.15) is 5.26 Å². The quantitative estimate of drug-likeness (QED) is 0.839. The van der Waals surface area contributed by atoms with Gasteiger partial charge in [-0.1, -0.05) is 6.07 Å². The Balaban J connectivity index is 2.07. The third-order valence-electron chi connectivity index (χ3n) is 3.75. The molecule has 3 nitrogen and oxygen atoms in total. The standard InChI is InChI=1S/C16H13FN2O/c17-14-6-4-11(9-18)8-13(14)10-19-15-3-1-2-12(15)5-7-16(19)20/h4-8H,1-3,10H2. The zero-order valence-corrected chi connectivity index (χ0v) is 10.9. The van der Waals surface area contributed by atoms with Crippen molar-refractivity contribution in [1.29, 1.82) is 5.26 Å². The number of aromatic nitrogens is 1. The fourth-order valence-electron chi connectivity index (χ4n) is 2.74. The Bertz CT molecular complexity index is 771. The van der Waals surface area contributed by atoms with Crippen molar-refractivity contribution in [3.63, 3.8) is 0 Å². The number of aryl methyl sites for hydroxylation is 1. The molecule has 2 aromatic rings. The number of benzene rings is 1. The first-order valence-electron chi connectivity index (χ1n) is 6.59. The highest BCUT2D eigenvalue weighted by Gasteiger charge is 2.16. The third-order valence-corrected chi connectivity index (χ3v) is 3.75. The molecule has 100 valence electrons. The molecule has 4 heteroatoms. The molecule has 0 fully saturated rings.